The van der Waals surface area contributed by atoms with Crippen LogP contribution in [0, 0.1) is 0 Å². The maximum absolute atomic E-state index is 12.1. The van der Waals surface area contributed by atoms with E-state index in [2.05, 4.69) is 36.7 Å². The first kappa shape index (κ1) is 16.1. The lowest BCUT2D eigenvalue weighted by Crippen LogP contribution is -2.26. The third-order valence-corrected chi connectivity index (χ3v) is 4.60. The van der Waals surface area contributed by atoms with Gasteiger partial charge in [0.2, 0.25) is 5.89 Å². The van der Waals surface area contributed by atoms with E-state index in [0.717, 1.165) is 3.79 Å². The van der Waals surface area contributed by atoms with Crippen LogP contribution in [0.5, 0.6) is 0 Å². The number of nitrogens with one attached hydrogen (secondary N) is 2. The normalized spacial score (nSPS) is 13.9. The van der Waals surface area contributed by atoms with E-state index in [9.17, 15) is 4.79 Å². The molecule has 2 heterocycles. The van der Waals surface area contributed by atoms with E-state index < -0.39 is 0 Å². The highest BCUT2D eigenvalue weighted by atomic mass is 79.9. The van der Waals surface area contributed by atoms with Crippen molar-refractivity contribution in [2.24, 2.45) is 0 Å². The Morgan fingerprint density at radius 3 is 2.86 bits per heavy atom. The number of hydrogen-bond acceptors (Lipinski definition) is 6. The molecule has 2 unspecified atom stereocenters. The molecule has 8 heteroatoms. The molecule has 0 saturated heterocycles. The van der Waals surface area contributed by atoms with Crippen LogP contribution in [-0.2, 0) is 6.42 Å². The van der Waals surface area contributed by atoms with Crippen LogP contribution in [0.15, 0.2) is 20.4 Å². The zero-order chi connectivity index (χ0) is 15.4. The van der Waals surface area contributed by atoms with Gasteiger partial charge in [-0.15, -0.1) is 11.3 Å². The van der Waals surface area contributed by atoms with Gasteiger partial charge >= 0.3 is 0 Å². The van der Waals surface area contributed by atoms with Gasteiger partial charge in [0.15, 0.2) is 5.82 Å². The molecule has 0 saturated carbocycles. The summed E-state index contributed by atoms with van der Waals surface area (Å²) in [7, 11) is 1.88. The van der Waals surface area contributed by atoms with Crippen molar-refractivity contribution >= 4 is 33.2 Å². The second-order valence-corrected chi connectivity index (χ2v) is 7.20. The lowest BCUT2D eigenvalue weighted by Gasteiger charge is -2.08. The fraction of sp³-hybridized carbons (Fsp3) is 0.462. The molecule has 2 atom stereocenters. The number of likely N-dealkylation sites (N-methyl/N-ethyl adjacent to an activating group) is 1. The molecule has 6 nitrogen and oxygen atoms in total. The van der Waals surface area contributed by atoms with E-state index in [0.29, 0.717) is 23.0 Å². The van der Waals surface area contributed by atoms with Crippen molar-refractivity contribution in [3.63, 3.8) is 0 Å². The topological polar surface area (TPSA) is 80.0 Å². The molecule has 1 amide bonds. The summed E-state index contributed by atoms with van der Waals surface area (Å²) in [4.78, 5) is 17.0. The highest BCUT2D eigenvalue weighted by molar-refractivity contribution is 9.11. The number of rotatable bonds is 6. The molecular formula is C13H17BrN4O2S. The van der Waals surface area contributed by atoms with Crippen molar-refractivity contribution in [1.82, 2.24) is 20.8 Å². The first-order valence-corrected chi connectivity index (χ1v) is 8.16. The number of hydrogen-bond donors (Lipinski definition) is 2. The summed E-state index contributed by atoms with van der Waals surface area (Å²) in [6, 6.07) is 3.55. The van der Waals surface area contributed by atoms with Gasteiger partial charge in [-0.2, -0.15) is 4.98 Å². The Kier molecular flexibility index (Phi) is 5.49. The van der Waals surface area contributed by atoms with E-state index in [-0.39, 0.29) is 18.0 Å². The highest BCUT2D eigenvalue weighted by Crippen LogP contribution is 2.22. The Bertz CT molecular complexity index is 613. The van der Waals surface area contributed by atoms with Gasteiger partial charge in [0, 0.05) is 12.5 Å². The average Bonchev–Trinajstić information content (AvgIpc) is 3.07. The van der Waals surface area contributed by atoms with Crippen LogP contribution in [0.25, 0.3) is 0 Å². The van der Waals surface area contributed by atoms with Gasteiger partial charge in [0.1, 0.15) is 6.04 Å². The van der Waals surface area contributed by atoms with E-state index in [4.69, 9.17) is 4.52 Å². The largest absolute Gasteiger partial charge is 0.340 e. The number of aromatic nitrogens is 2. The summed E-state index contributed by atoms with van der Waals surface area (Å²) < 4.78 is 6.12. The van der Waals surface area contributed by atoms with Crippen molar-refractivity contribution in [3.05, 3.63) is 32.5 Å². The zero-order valence-electron chi connectivity index (χ0n) is 12.0. The smallest absolute Gasteiger partial charge is 0.262 e. The summed E-state index contributed by atoms with van der Waals surface area (Å²) in [6.45, 7) is 3.86. The molecule has 2 aromatic rings. The Labute approximate surface area is 135 Å². The molecule has 0 spiro atoms. The summed E-state index contributed by atoms with van der Waals surface area (Å²) in [6.07, 6.45) is 0.679. The molecule has 21 heavy (non-hydrogen) atoms. The van der Waals surface area contributed by atoms with Crippen LogP contribution in [0.2, 0.25) is 0 Å². The standard InChI is InChI=1S/C13H17BrN4O2S/c1-7(15-3)6-11-17-13(20-18-11)8(2)16-12(19)9-4-5-10(14)21-9/h4-5,7-8,15H,6H2,1-3H3,(H,16,19). The minimum atomic E-state index is -0.329. The molecule has 0 aliphatic carbocycles. The highest BCUT2D eigenvalue weighted by Gasteiger charge is 2.19. The maximum atomic E-state index is 12.1. The number of carbonyl (C=O) groups is 1. The molecule has 0 aliphatic rings. The third kappa shape index (κ3) is 4.36. The Hall–Kier alpha value is -1.25. The summed E-state index contributed by atoms with van der Waals surface area (Å²) in [5.74, 6) is 0.894. The summed E-state index contributed by atoms with van der Waals surface area (Å²) in [5.41, 5.74) is 0. The van der Waals surface area contributed by atoms with Crippen LogP contribution >= 0.6 is 27.3 Å². The summed E-state index contributed by atoms with van der Waals surface area (Å²) >= 11 is 4.72. The van der Waals surface area contributed by atoms with Gasteiger partial charge in [-0.3, -0.25) is 4.79 Å². The molecule has 0 aliphatic heterocycles. The number of carbonyl (C=O) groups excluding carboxylic acids is 1. The second-order valence-electron chi connectivity index (χ2n) is 4.74. The van der Waals surface area contributed by atoms with E-state index in [1.807, 2.05) is 27.0 Å². The lowest BCUT2D eigenvalue weighted by atomic mass is 10.2. The molecule has 2 rings (SSSR count). The third-order valence-electron chi connectivity index (χ3n) is 2.98. The predicted octanol–water partition coefficient (Wildman–Crippen LogP) is 2.54. The minimum Gasteiger partial charge on any atom is -0.340 e. The molecule has 2 aromatic heterocycles. The minimum absolute atomic E-state index is 0.151. The lowest BCUT2D eigenvalue weighted by molar-refractivity contribution is 0.0936. The van der Waals surface area contributed by atoms with Gasteiger partial charge in [0.05, 0.1) is 8.66 Å². The average molecular weight is 373 g/mol. The quantitative estimate of drug-likeness (QED) is 0.814. The molecule has 0 aromatic carbocycles. The number of nitrogens with zero attached hydrogens (tertiary/aromatic N) is 2. The van der Waals surface area contributed by atoms with Crippen LogP contribution in [0.4, 0.5) is 0 Å². The Balaban J connectivity index is 1.97. The van der Waals surface area contributed by atoms with Gasteiger partial charge in [-0.05, 0) is 49.0 Å². The van der Waals surface area contributed by atoms with Crippen molar-refractivity contribution in [3.8, 4) is 0 Å². The van der Waals surface area contributed by atoms with Gasteiger partial charge in [-0.25, -0.2) is 0 Å². The molecule has 0 fully saturated rings. The number of halogens is 1. The van der Waals surface area contributed by atoms with Crippen molar-refractivity contribution in [2.45, 2.75) is 32.4 Å². The second kappa shape index (κ2) is 7.15. The first-order valence-electron chi connectivity index (χ1n) is 6.55. The number of thiophene rings is 1. The van der Waals surface area contributed by atoms with Crippen molar-refractivity contribution in [2.75, 3.05) is 7.05 Å². The van der Waals surface area contributed by atoms with Crippen LogP contribution in [-0.4, -0.2) is 29.1 Å². The number of amides is 1. The van der Waals surface area contributed by atoms with Gasteiger partial charge in [-0.1, -0.05) is 5.16 Å². The van der Waals surface area contributed by atoms with E-state index >= 15 is 0 Å². The Morgan fingerprint density at radius 2 is 2.24 bits per heavy atom. The van der Waals surface area contributed by atoms with E-state index in [1.165, 1.54) is 11.3 Å². The Morgan fingerprint density at radius 1 is 1.48 bits per heavy atom. The molecule has 2 N–H and O–H groups in total. The van der Waals surface area contributed by atoms with Crippen molar-refractivity contribution < 1.29 is 9.32 Å². The van der Waals surface area contributed by atoms with Gasteiger partial charge in [0.25, 0.3) is 5.91 Å². The molecule has 0 bridgehead atoms. The maximum Gasteiger partial charge on any atom is 0.262 e. The molecule has 114 valence electrons. The van der Waals surface area contributed by atoms with Crippen molar-refractivity contribution in [1.29, 1.82) is 0 Å². The SMILES string of the molecule is CNC(C)Cc1noc(C(C)NC(=O)c2ccc(Br)s2)n1. The van der Waals surface area contributed by atoms with Crippen LogP contribution in [0.1, 0.15) is 41.3 Å². The van der Waals surface area contributed by atoms with Crippen LogP contribution < -0.4 is 10.6 Å². The molecular weight excluding hydrogens is 356 g/mol. The fourth-order valence-electron chi connectivity index (χ4n) is 1.67. The van der Waals surface area contributed by atoms with Crippen LogP contribution in [0.3, 0.4) is 0 Å². The fourth-order valence-corrected chi connectivity index (χ4v) is 2.96. The first-order chi connectivity index (χ1) is 9.99. The zero-order valence-corrected chi connectivity index (χ0v) is 14.4. The van der Waals surface area contributed by atoms with E-state index in [1.54, 1.807) is 6.07 Å². The molecule has 0 radical (unpaired) electrons. The summed E-state index contributed by atoms with van der Waals surface area (Å²) in [5, 5.41) is 9.89. The van der Waals surface area contributed by atoms with Gasteiger partial charge < -0.3 is 15.2 Å². The predicted molar refractivity (Wildman–Crippen MR) is 84.4 cm³/mol. The monoisotopic (exact) mass is 372 g/mol.